The van der Waals surface area contributed by atoms with Gasteiger partial charge in [0.2, 0.25) is 11.8 Å². The van der Waals surface area contributed by atoms with E-state index in [4.69, 9.17) is 16.3 Å². The van der Waals surface area contributed by atoms with Crippen LogP contribution in [0.15, 0.2) is 18.2 Å². The smallest absolute Gasteiger partial charge is 0.247 e. The Morgan fingerprint density at radius 2 is 1.79 bits per heavy atom. The molecule has 156 valence electrons. The number of nitrogens with zero attached hydrogens (tertiary/aromatic N) is 1. The molecule has 1 N–H and O–H groups in total. The highest BCUT2D eigenvalue weighted by atomic mass is 35.5. The molecule has 5 nitrogen and oxygen atoms in total. The molecule has 0 unspecified atom stereocenters. The Bertz CT molecular complexity index is 804. The Kier molecular flexibility index (Phi) is 4.77. The summed E-state index contributed by atoms with van der Waals surface area (Å²) in [5.41, 5.74) is 0.441. The molecule has 1 aliphatic heterocycles. The van der Waals surface area contributed by atoms with E-state index < -0.39 is 0 Å². The molecule has 1 atom stereocenters. The van der Waals surface area contributed by atoms with E-state index in [1.807, 2.05) is 4.90 Å². The SMILES string of the molecule is COc1ccc(NC(=O)[C@H]2CCCN2C(=O)C23CC4CC(CC(C4)C2)C3)cc1Cl. The highest BCUT2D eigenvalue weighted by molar-refractivity contribution is 6.32. The predicted octanol–water partition coefficient (Wildman–Crippen LogP) is 4.49. The molecule has 1 saturated heterocycles. The number of hydrogen-bond acceptors (Lipinski definition) is 3. The van der Waals surface area contributed by atoms with Crippen LogP contribution in [0.5, 0.6) is 5.75 Å². The number of carbonyl (C=O) groups excluding carboxylic acids is 2. The van der Waals surface area contributed by atoms with Gasteiger partial charge in [-0.3, -0.25) is 9.59 Å². The number of likely N-dealkylation sites (tertiary alicyclic amines) is 1. The lowest BCUT2D eigenvalue weighted by atomic mass is 9.49. The van der Waals surface area contributed by atoms with Gasteiger partial charge in [0.05, 0.1) is 17.5 Å². The van der Waals surface area contributed by atoms with Crippen LogP contribution in [-0.2, 0) is 9.59 Å². The molecule has 5 aliphatic rings. The van der Waals surface area contributed by atoms with Crippen LogP contribution in [-0.4, -0.2) is 36.4 Å². The van der Waals surface area contributed by atoms with Crippen molar-refractivity contribution < 1.29 is 14.3 Å². The summed E-state index contributed by atoms with van der Waals surface area (Å²) >= 11 is 6.19. The molecule has 1 aromatic rings. The van der Waals surface area contributed by atoms with Gasteiger partial charge in [-0.05, 0) is 87.3 Å². The Balaban J connectivity index is 1.31. The van der Waals surface area contributed by atoms with Crippen LogP contribution < -0.4 is 10.1 Å². The second-order valence-corrected chi connectivity index (χ2v) is 10.1. The zero-order valence-corrected chi connectivity index (χ0v) is 17.7. The monoisotopic (exact) mass is 416 g/mol. The topological polar surface area (TPSA) is 58.6 Å². The minimum atomic E-state index is -0.378. The number of ether oxygens (including phenoxy) is 1. The number of hydrogen-bond donors (Lipinski definition) is 1. The minimum absolute atomic E-state index is 0.109. The average Bonchev–Trinajstić information content (AvgIpc) is 3.16. The molecular formula is C23H29ClN2O3. The van der Waals surface area contributed by atoms with E-state index >= 15 is 0 Å². The summed E-state index contributed by atoms with van der Waals surface area (Å²) in [7, 11) is 1.56. The average molecular weight is 417 g/mol. The predicted molar refractivity (Wildman–Crippen MR) is 112 cm³/mol. The van der Waals surface area contributed by atoms with Crippen molar-refractivity contribution in [2.45, 2.75) is 57.4 Å². The molecule has 1 aromatic carbocycles. The second kappa shape index (κ2) is 7.19. The van der Waals surface area contributed by atoms with Crippen molar-refractivity contribution in [2.24, 2.45) is 23.2 Å². The molecular weight excluding hydrogens is 388 g/mol. The van der Waals surface area contributed by atoms with Gasteiger partial charge in [-0.15, -0.1) is 0 Å². The fourth-order valence-corrected chi connectivity index (χ4v) is 7.19. The third kappa shape index (κ3) is 3.31. The Morgan fingerprint density at radius 3 is 2.38 bits per heavy atom. The van der Waals surface area contributed by atoms with Crippen LogP contribution in [0.4, 0.5) is 5.69 Å². The van der Waals surface area contributed by atoms with Crippen LogP contribution in [0.2, 0.25) is 5.02 Å². The van der Waals surface area contributed by atoms with Gasteiger partial charge in [-0.25, -0.2) is 0 Å². The van der Waals surface area contributed by atoms with Gasteiger partial charge in [-0.2, -0.15) is 0 Å². The second-order valence-electron chi connectivity index (χ2n) is 9.69. The van der Waals surface area contributed by atoms with E-state index in [0.29, 0.717) is 23.0 Å². The van der Waals surface area contributed by atoms with Crippen molar-refractivity contribution >= 4 is 29.1 Å². The van der Waals surface area contributed by atoms with Crippen molar-refractivity contribution in [1.82, 2.24) is 4.90 Å². The maximum absolute atomic E-state index is 13.7. The lowest BCUT2D eigenvalue weighted by Crippen LogP contribution is -2.56. The number of nitrogens with one attached hydrogen (secondary N) is 1. The zero-order valence-electron chi connectivity index (χ0n) is 17.0. The highest BCUT2D eigenvalue weighted by Crippen LogP contribution is 2.60. The number of methoxy groups -OCH3 is 1. The van der Waals surface area contributed by atoms with Crippen LogP contribution in [0.3, 0.4) is 0 Å². The zero-order chi connectivity index (χ0) is 20.2. The first-order valence-electron chi connectivity index (χ1n) is 10.9. The quantitative estimate of drug-likeness (QED) is 0.786. The van der Waals surface area contributed by atoms with Crippen molar-refractivity contribution in [1.29, 1.82) is 0 Å². The number of amides is 2. The van der Waals surface area contributed by atoms with Gasteiger partial charge in [-0.1, -0.05) is 11.6 Å². The number of carbonyl (C=O) groups is 2. The maximum atomic E-state index is 13.7. The van der Waals surface area contributed by atoms with Crippen LogP contribution in [0, 0.1) is 23.2 Å². The fraction of sp³-hybridized carbons (Fsp3) is 0.652. The first-order chi connectivity index (χ1) is 14.0. The van der Waals surface area contributed by atoms with Gasteiger partial charge in [0.15, 0.2) is 0 Å². The lowest BCUT2D eigenvalue weighted by molar-refractivity contribution is -0.160. The Hall–Kier alpha value is -1.75. The van der Waals surface area contributed by atoms with Crippen LogP contribution >= 0.6 is 11.6 Å². The number of rotatable bonds is 4. The molecule has 6 heteroatoms. The van der Waals surface area contributed by atoms with Gasteiger partial charge in [0.1, 0.15) is 11.8 Å². The number of anilines is 1. The van der Waals surface area contributed by atoms with Crippen LogP contribution in [0.25, 0.3) is 0 Å². The molecule has 1 heterocycles. The van der Waals surface area contributed by atoms with E-state index in [9.17, 15) is 9.59 Å². The highest BCUT2D eigenvalue weighted by Gasteiger charge is 2.56. The standard InChI is InChI=1S/C23H29ClN2O3/c1-29-20-5-4-17(10-18(20)24)25-21(27)19-3-2-6-26(19)22(28)23-11-14-7-15(12-23)9-16(8-14)13-23/h4-5,10,14-16,19H,2-3,6-9,11-13H2,1H3,(H,25,27)/t14?,15?,16?,19-,23?/m1/s1. The van der Waals surface area contributed by atoms with Gasteiger partial charge >= 0.3 is 0 Å². The first-order valence-corrected chi connectivity index (χ1v) is 11.3. The summed E-state index contributed by atoms with van der Waals surface area (Å²) < 4.78 is 5.17. The van der Waals surface area contributed by atoms with Gasteiger partial charge in [0.25, 0.3) is 0 Å². The third-order valence-corrected chi connectivity index (χ3v) is 8.02. The summed E-state index contributed by atoms with van der Waals surface area (Å²) in [5.74, 6) is 2.89. The summed E-state index contributed by atoms with van der Waals surface area (Å²) in [6.07, 6.45) is 8.68. The molecule has 4 bridgehead atoms. The van der Waals surface area contributed by atoms with Crippen LogP contribution in [0.1, 0.15) is 51.4 Å². The van der Waals surface area contributed by atoms with E-state index in [1.165, 1.54) is 19.3 Å². The molecule has 2 amide bonds. The summed E-state index contributed by atoms with van der Waals surface area (Å²) in [6.45, 7) is 0.696. The third-order valence-electron chi connectivity index (χ3n) is 7.73. The molecule has 0 aromatic heterocycles. The summed E-state index contributed by atoms with van der Waals surface area (Å²) in [6, 6.07) is 4.84. The Labute approximate surface area is 177 Å². The van der Waals surface area contributed by atoms with Crippen molar-refractivity contribution in [3.05, 3.63) is 23.2 Å². The minimum Gasteiger partial charge on any atom is -0.495 e. The lowest BCUT2D eigenvalue weighted by Gasteiger charge is -2.56. The maximum Gasteiger partial charge on any atom is 0.247 e. The Morgan fingerprint density at radius 1 is 1.14 bits per heavy atom. The van der Waals surface area contributed by atoms with Crippen molar-refractivity contribution in [3.63, 3.8) is 0 Å². The molecule has 5 fully saturated rings. The van der Waals surface area contributed by atoms with E-state index in [0.717, 1.165) is 49.9 Å². The number of benzene rings is 1. The van der Waals surface area contributed by atoms with E-state index in [1.54, 1.807) is 25.3 Å². The molecule has 29 heavy (non-hydrogen) atoms. The largest absolute Gasteiger partial charge is 0.495 e. The molecule has 0 spiro atoms. The fourth-order valence-electron chi connectivity index (χ4n) is 6.93. The molecule has 6 rings (SSSR count). The van der Waals surface area contributed by atoms with E-state index in [2.05, 4.69) is 5.32 Å². The van der Waals surface area contributed by atoms with Gasteiger partial charge < -0.3 is 15.0 Å². The van der Waals surface area contributed by atoms with Crippen molar-refractivity contribution in [3.8, 4) is 5.75 Å². The first kappa shape index (κ1) is 19.2. The molecule has 4 aliphatic carbocycles. The van der Waals surface area contributed by atoms with E-state index in [-0.39, 0.29) is 23.3 Å². The summed E-state index contributed by atoms with van der Waals surface area (Å²) in [4.78, 5) is 28.7. The molecule has 4 saturated carbocycles. The molecule has 0 radical (unpaired) electrons. The number of halogens is 1. The normalized spacial score (nSPS) is 35.0. The van der Waals surface area contributed by atoms with Crippen molar-refractivity contribution in [2.75, 3.05) is 19.0 Å². The van der Waals surface area contributed by atoms with Gasteiger partial charge in [0, 0.05) is 12.2 Å². The summed E-state index contributed by atoms with van der Waals surface area (Å²) in [5, 5.41) is 3.42.